The number of amides is 1. The molecule has 0 saturated heterocycles. The first-order valence-corrected chi connectivity index (χ1v) is 6.60. The van der Waals surface area contributed by atoms with Crippen molar-refractivity contribution in [1.29, 1.82) is 0 Å². The SMILES string of the molecule is O=C(CCOCC(F)F)NCc1cc(Br)cs1. The van der Waals surface area contributed by atoms with E-state index in [4.69, 9.17) is 0 Å². The van der Waals surface area contributed by atoms with Crippen LogP contribution in [0.4, 0.5) is 8.78 Å². The molecule has 0 aliphatic heterocycles. The molecule has 17 heavy (non-hydrogen) atoms. The number of halogens is 3. The molecule has 0 bridgehead atoms. The zero-order valence-corrected chi connectivity index (χ0v) is 11.3. The lowest BCUT2D eigenvalue weighted by Crippen LogP contribution is -2.23. The quantitative estimate of drug-likeness (QED) is 0.782. The monoisotopic (exact) mass is 327 g/mol. The lowest BCUT2D eigenvalue weighted by Gasteiger charge is -2.04. The number of alkyl halides is 2. The maximum Gasteiger partial charge on any atom is 0.261 e. The summed E-state index contributed by atoms with van der Waals surface area (Å²) in [5.41, 5.74) is 0. The zero-order chi connectivity index (χ0) is 12.7. The molecule has 1 N–H and O–H groups in total. The Hall–Kier alpha value is -0.530. The third-order valence-corrected chi connectivity index (χ3v) is 3.50. The minimum atomic E-state index is -2.48. The molecule has 7 heteroatoms. The number of carbonyl (C=O) groups is 1. The van der Waals surface area contributed by atoms with Gasteiger partial charge in [0.05, 0.1) is 13.2 Å². The fraction of sp³-hybridized carbons (Fsp3) is 0.500. The van der Waals surface area contributed by atoms with Gasteiger partial charge in [0.2, 0.25) is 5.91 Å². The maximum absolute atomic E-state index is 11.7. The predicted octanol–water partition coefficient (Wildman–Crippen LogP) is 2.80. The standard InChI is InChI=1S/C10H12BrF2NO2S/c11-7-3-8(17-6-7)4-14-10(15)1-2-16-5-9(12)13/h3,6,9H,1-2,4-5H2,(H,14,15). The number of hydrogen-bond acceptors (Lipinski definition) is 3. The van der Waals surface area contributed by atoms with Crippen LogP contribution in [-0.4, -0.2) is 25.5 Å². The third-order valence-electron chi connectivity index (χ3n) is 1.80. The summed E-state index contributed by atoms with van der Waals surface area (Å²) >= 11 is 4.84. The molecule has 0 atom stereocenters. The summed E-state index contributed by atoms with van der Waals surface area (Å²) in [6.45, 7) is -0.153. The van der Waals surface area contributed by atoms with E-state index in [1.165, 1.54) is 11.3 Å². The van der Waals surface area contributed by atoms with Gasteiger partial charge in [-0.05, 0) is 22.0 Å². The molecular weight excluding hydrogens is 316 g/mol. The summed E-state index contributed by atoms with van der Waals surface area (Å²) < 4.78 is 29.0. The van der Waals surface area contributed by atoms with E-state index in [9.17, 15) is 13.6 Å². The highest BCUT2D eigenvalue weighted by Crippen LogP contribution is 2.19. The Bertz CT molecular complexity index is 360. The Balaban J connectivity index is 2.09. The van der Waals surface area contributed by atoms with E-state index in [0.717, 1.165) is 9.35 Å². The smallest absolute Gasteiger partial charge is 0.261 e. The van der Waals surface area contributed by atoms with Crippen molar-refractivity contribution < 1.29 is 18.3 Å². The van der Waals surface area contributed by atoms with Crippen LogP contribution >= 0.6 is 27.3 Å². The van der Waals surface area contributed by atoms with Gasteiger partial charge < -0.3 is 10.1 Å². The second kappa shape index (κ2) is 7.73. The van der Waals surface area contributed by atoms with Gasteiger partial charge in [-0.25, -0.2) is 8.78 Å². The average molecular weight is 328 g/mol. The van der Waals surface area contributed by atoms with Crippen molar-refractivity contribution in [1.82, 2.24) is 5.32 Å². The minimum absolute atomic E-state index is 0.0182. The molecule has 0 aromatic carbocycles. The van der Waals surface area contributed by atoms with Gasteiger partial charge in [-0.2, -0.15) is 0 Å². The Morgan fingerprint density at radius 1 is 1.59 bits per heavy atom. The number of hydrogen-bond donors (Lipinski definition) is 1. The summed E-state index contributed by atoms with van der Waals surface area (Å²) in [6, 6.07) is 1.91. The van der Waals surface area contributed by atoms with E-state index in [-0.39, 0.29) is 18.9 Å². The average Bonchev–Trinajstić information content (AvgIpc) is 2.67. The van der Waals surface area contributed by atoms with Crippen LogP contribution in [0.2, 0.25) is 0 Å². The predicted molar refractivity (Wildman–Crippen MR) is 65.3 cm³/mol. The lowest BCUT2D eigenvalue weighted by atomic mass is 10.4. The van der Waals surface area contributed by atoms with Crippen molar-refractivity contribution >= 4 is 33.2 Å². The molecule has 0 fully saturated rings. The molecule has 1 rings (SSSR count). The lowest BCUT2D eigenvalue weighted by molar-refractivity contribution is -0.122. The van der Waals surface area contributed by atoms with Crippen LogP contribution in [0.1, 0.15) is 11.3 Å². The van der Waals surface area contributed by atoms with E-state index in [0.29, 0.717) is 6.54 Å². The molecular formula is C10H12BrF2NO2S. The zero-order valence-electron chi connectivity index (χ0n) is 8.92. The molecule has 0 aliphatic rings. The number of nitrogens with one attached hydrogen (secondary N) is 1. The third kappa shape index (κ3) is 6.70. The first-order valence-electron chi connectivity index (χ1n) is 4.93. The van der Waals surface area contributed by atoms with Crippen LogP contribution in [0.5, 0.6) is 0 Å². The van der Waals surface area contributed by atoms with Gasteiger partial charge in [-0.15, -0.1) is 11.3 Å². The van der Waals surface area contributed by atoms with Gasteiger partial charge in [-0.1, -0.05) is 0 Å². The van der Waals surface area contributed by atoms with E-state index >= 15 is 0 Å². The molecule has 1 heterocycles. The number of thiophene rings is 1. The van der Waals surface area contributed by atoms with Crippen molar-refractivity contribution in [3.05, 3.63) is 20.8 Å². The molecule has 0 spiro atoms. The molecule has 1 amide bonds. The molecule has 0 aliphatic carbocycles. The molecule has 3 nitrogen and oxygen atoms in total. The van der Waals surface area contributed by atoms with Crippen LogP contribution in [-0.2, 0) is 16.1 Å². The molecule has 0 radical (unpaired) electrons. The van der Waals surface area contributed by atoms with Gasteiger partial charge in [0, 0.05) is 21.2 Å². The Morgan fingerprint density at radius 2 is 2.35 bits per heavy atom. The number of rotatable bonds is 7. The second-order valence-electron chi connectivity index (χ2n) is 3.22. The highest BCUT2D eigenvalue weighted by Gasteiger charge is 2.05. The molecule has 96 valence electrons. The van der Waals surface area contributed by atoms with Gasteiger partial charge in [-0.3, -0.25) is 4.79 Å². The number of ether oxygens (including phenoxy) is 1. The van der Waals surface area contributed by atoms with Gasteiger partial charge in [0.15, 0.2) is 0 Å². The first kappa shape index (κ1) is 14.5. The highest BCUT2D eigenvalue weighted by molar-refractivity contribution is 9.10. The summed E-state index contributed by atoms with van der Waals surface area (Å²) in [4.78, 5) is 12.3. The van der Waals surface area contributed by atoms with E-state index in [1.54, 1.807) is 0 Å². The fourth-order valence-corrected chi connectivity index (χ4v) is 2.45. The number of carbonyl (C=O) groups excluding carboxylic acids is 1. The first-order chi connectivity index (χ1) is 8.08. The maximum atomic E-state index is 11.7. The summed E-state index contributed by atoms with van der Waals surface area (Å²) in [5.74, 6) is -0.205. The fourth-order valence-electron chi connectivity index (χ4n) is 1.06. The van der Waals surface area contributed by atoms with Gasteiger partial charge in [0.1, 0.15) is 6.61 Å². The highest BCUT2D eigenvalue weighted by atomic mass is 79.9. The Kier molecular flexibility index (Phi) is 6.61. The van der Waals surface area contributed by atoms with Crippen molar-refractivity contribution in [2.24, 2.45) is 0 Å². The normalized spacial score (nSPS) is 10.8. The van der Waals surface area contributed by atoms with Gasteiger partial charge >= 0.3 is 0 Å². The topological polar surface area (TPSA) is 38.3 Å². The van der Waals surface area contributed by atoms with Crippen LogP contribution in [0.3, 0.4) is 0 Å². The largest absolute Gasteiger partial charge is 0.375 e. The van der Waals surface area contributed by atoms with E-state index < -0.39 is 13.0 Å². The van der Waals surface area contributed by atoms with E-state index in [2.05, 4.69) is 26.0 Å². The van der Waals surface area contributed by atoms with Crippen molar-refractivity contribution in [2.45, 2.75) is 19.4 Å². The molecule has 0 saturated carbocycles. The van der Waals surface area contributed by atoms with E-state index in [1.807, 2.05) is 11.4 Å². The molecule has 1 aromatic rings. The van der Waals surface area contributed by atoms with Crippen LogP contribution in [0.25, 0.3) is 0 Å². The van der Waals surface area contributed by atoms with Crippen LogP contribution in [0, 0.1) is 0 Å². The van der Waals surface area contributed by atoms with Crippen molar-refractivity contribution in [3.8, 4) is 0 Å². The summed E-state index contributed by atoms with van der Waals surface area (Å²) in [7, 11) is 0. The Morgan fingerprint density at radius 3 is 2.94 bits per heavy atom. The van der Waals surface area contributed by atoms with Gasteiger partial charge in [0.25, 0.3) is 6.43 Å². The summed E-state index contributed by atoms with van der Waals surface area (Å²) in [6.07, 6.45) is -2.39. The molecule has 1 aromatic heterocycles. The van der Waals surface area contributed by atoms with Crippen LogP contribution in [0.15, 0.2) is 15.9 Å². The summed E-state index contributed by atoms with van der Waals surface area (Å²) in [5, 5.41) is 4.61. The minimum Gasteiger partial charge on any atom is -0.375 e. The Labute approximate surface area is 110 Å². The second-order valence-corrected chi connectivity index (χ2v) is 5.14. The van der Waals surface area contributed by atoms with Crippen molar-refractivity contribution in [3.63, 3.8) is 0 Å². The van der Waals surface area contributed by atoms with Crippen LogP contribution < -0.4 is 5.32 Å². The molecule has 0 unspecified atom stereocenters. The van der Waals surface area contributed by atoms with Crippen molar-refractivity contribution in [2.75, 3.05) is 13.2 Å².